The molecule has 1 saturated heterocycles. The Morgan fingerprint density at radius 3 is 2.71 bits per heavy atom. The summed E-state index contributed by atoms with van der Waals surface area (Å²) >= 11 is 0. The van der Waals surface area contributed by atoms with Crippen molar-refractivity contribution in [1.29, 1.82) is 0 Å². The Kier molecular flexibility index (Phi) is 4.85. The van der Waals surface area contributed by atoms with Crippen molar-refractivity contribution in [2.24, 2.45) is 0 Å². The van der Waals surface area contributed by atoms with E-state index in [0.29, 0.717) is 6.04 Å². The summed E-state index contributed by atoms with van der Waals surface area (Å²) in [6.45, 7) is 9.35. The van der Waals surface area contributed by atoms with Crippen LogP contribution in [-0.4, -0.2) is 62.2 Å². The largest absolute Gasteiger partial charge is 0.318 e. The summed E-state index contributed by atoms with van der Waals surface area (Å²) in [7, 11) is 4.26. The summed E-state index contributed by atoms with van der Waals surface area (Å²) < 4.78 is 0. The summed E-state index contributed by atoms with van der Waals surface area (Å²) in [6.07, 6.45) is 1.33. The van der Waals surface area contributed by atoms with Crippen LogP contribution in [0.1, 0.15) is 20.3 Å². The first-order valence-corrected chi connectivity index (χ1v) is 5.74. The van der Waals surface area contributed by atoms with Crippen LogP contribution in [0.15, 0.2) is 0 Å². The van der Waals surface area contributed by atoms with Gasteiger partial charge in [0.1, 0.15) is 0 Å². The van der Waals surface area contributed by atoms with Crippen molar-refractivity contribution in [2.45, 2.75) is 32.4 Å². The molecule has 14 heavy (non-hydrogen) atoms. The fraction of sp³-hybridized carbons (Fsp3) is 1.00. The number of hydrogen-bond donors (Lipinski definition) is 1. The summed E-state index contributed by atoms with van der Waals surface area (Å²) in [4.78, 5) is 5.05. The van der Waals surface area contributed by atoms with Crippen molar-refractivity contribution in [3.05, 3.63) is 0 Å². The zero-order valence-electron chi connectivity index (χ0n) is 10.1. The van der Waals surface area contributed by atoms with Crippen LogP contribution in [-0.2, 0) is 0 Å². The van der Waals surface area contributed by atoms with Crippen LogP contribution in [0, 0.1) is 0 Å². The molecule has 1 aliphatic heterocycles. The van der Waals surface area contributed by atoms with Crippen LogP contribution in [0.4, 0.5) is 0 Å². The smallest absolute Gasteiger partial charge is 0.0232 e. The van der Waals surface area contributed by atoms with Crippen LogP contribution < -0.4 is 5.32 Å². The zero-order valence-corrected chi connectivity index (χ0v) is 10.1. The number of likely N-dealkylation sites (N-methyl/N-ethyl adjacent to an activating group) is 2. The maximum atomic E-state index is 3.20. The van der Waals surface area contributed by atoms with Gasteiger partial charge in [-0.2, -0.15) is 0 Å². The van der Waals surface area contributed by atoms with Crippen LogP contribution in [0.5, 0.6) is 0 Å². The standard InChI is InChI=1S/C11H25N3/c1-10(2)14-7-5-11(9-14)13(4)8-6-12-3/h10-12H,5-9H2,1-4H3. The van der Waals surface area contributed by atoms with Crippen molar-refractivity contribution in [1.82, 2.24) is 15.1 Å². The van der Waals surface area contributed by atoms with Gasteiger partial charge in [-0.05, 0) is 34.4 Å². The molecule has 1 rings (SSSR count). The fourth-order valence-electron chi connectivity index (χ4n) is 2.07. The third-order valence-electron chi connectivity index (χ3n) is 3.26. The van der Waals surface area contributed by atoms with Crippen LogP contribution in [0.3, 0.4) is 0 Å². The van der Waals surface area contributed by atoms with E-state index in [9.17, 15) is 0 Å². The lowest BCUT2D eigenvalue weighted by atomic mass is 10.2. The fourth-order valence-corrected chi connectivity index (χ4v) is 2.07. The molecule has 1 N–H and O–H groups in total. The minimum atomic E-state index is 0.706. The molecule has 1 fully saturated rings. The minimum absolute atomic E-state index is 0.706. The van der Waals surface area contributed by atoms with Gasteiger partial charge in [-0.1, -0.05) is 0 Å². The number of nitrogens with one attached hydrogen (secondary N) is 1. The van der Waals surface area contributed by atoms with Crippen molar-refractivity contribution >= 4 is 0 Å². The van der Waals surface area contributed by atoms with Gasteiger partial charge < -0.3 is 10.2 Å². The van der Waals surface area contributed by atoms with E-state index in [0.717, 1.165) is 19.1 Å². The van der Waals surface area contributed by atoms with E-state index >= 15 is 0 Å². The molecule has 0 saturated carbocycles. The molecule has 0 radical (unpaired) electrons. The van der Waals surface area contributed by atoms with Gasteiger partial charge in [-0.25, -0.2) is 0 Å². The van der Waals surface area contributed by atoms with Crippen molar-refractivity contribution in [2.75, 3.05) is 40.3 Å². The van der Waals surface area contributed by atoms with Crippen LogP contribution in [0.2, 0.25) is 0 Å². The summed E-state index contributed by atoms with van der Waals surface area (Å²) in [5.41, 5.74) is 0. The molecule has 1 atom stereocenters. The Morgan fingerprint density at radius 1 is 1.50 bits per heavy atom. The maximum Gasteiger partial charge on any atom is 0.0232 e. The Balaban J connectivity index is 2.26. The van der Waals surface area contributed by atoms with E-state index in [1.807, 2.05) is 7.05 Å². The van der Waals surface area contributed by atoms with Gasteiger partial charge in [0.05, 0.1) is 0 Å². The van der Waals surface area contributed by atoms with Gasteiger partial charge in [0.15, 0.2) is 0 Å². The van der Waals surface area contributed by atoms with Gasteiger partial charge >= 0.3 is 0 Å². The van der Waals surface area contributed by atoms with Crippen molar-refractivity contribution < 1.29 is 0 Å². The van der Waals surface area contributed by atoms with E-state index in [1.165, 1.54) is 19.5 Å². The first kappa shape index (κ1) is 12.0. The molecule has 3 nitrogen and oxygen atoms in total. The second-order valence-electron chi connectivity index (χ2n) is 4.62. The monoisotopic (exact) mass is 199 g/mol. The molecular formula is C11H25N3. The highest BCUT2D eigenvalue weighted by molar-refractivity contribution is 4.83. The third kappa shape index (κ3) is 3.23. The Morgan fingerprint density at radius 2 is 2.21 bits per heavy atom. The molecule has 1 unspecified atom stereocenters. The predicted octanol–water partition coefficient (Wildman–Crippen LogP) is 0.620. The number of hydrogen-bond acceptors (Lipinski definition) is 3. The van der Waals surface area contributed by atoms with E-state index in [2.05, 4.69) is 36.0 Å². The quantitative estimate of drug-likeness (QED) is 0.700. The lowest BCUT2D eigenvalue weighted by Crippen LogP contribution is -2.39. The van der Waals surface area contributed by atoms with Gasteiger partial charge in [0.25, 0.3) is 0 Å². The Hall–Kier alpha value is -0.120. The average molecular weight is 199 g/mol. The lowest BCUT2D eigenvalue weighted by Gasteiger charge is -2.25. The summed E-state index contributed by atoms with van der Waals surface area (Å²) in [6, 6.07) is 1.48. The molecule has 0 aromatic carbocycles. The van der Waals surface area contributed by atoms with Crippen molar-refractivity contribution in [3.63, 3.8) is 0 Å². The molecule has 0 aliphatic carbocycles. The lowest BCUT2D eigenvalue weighted by molar-refractivity contribution is 0.215. The average Bonchev–Trinajstić information content (AvgIpc) is 2.62. The molecule has 1 heterocycles. The first-order chi connectivity index (χ1) is 6.65. The Bertz CT molecular complexity index is 159. The van der Waals surface area contributed by atoms with E-state index in [4.69, 9.17) is 0 Å². The van der Waals surface area contributed by atoms with E-state index in [-0.39, 0.29) is 0 Å². The highest BCUT2D eigenvalue weighted by Gasteiger charge is 2.26. The normalized spacial score (nSPS) is 24.0. The summed E-state index contributed by atoms with van der Waals surface area (Å²) in [5, 5.41) is 3.20. The molecule has 0 aromatic rings. The predicted molar refractivity (Wildman–Crippen MR) is 61.7 cm³/mol. The van der Waals surface area contributed by atoms with Gasteiger partial charge in [0.2, 0.25) is 0 Å². The molecule has 0 aromatic heterocycles. The number of rotatable bonds is 5. The van der Waals surface area contributed by atoms with E-state index < -0.39 is 0 Å². The highest BCUT2D eigenvalue weighted by Crippen LogP contribution is 2.16. The molecule has 0 spiro atoms. The van der Waals surface area contributed by atoms with Gasteiger partial charge in [-0.3, -0.25) is 4.90 Å². The molecule has 0 amide bonds. The molecular weight excluding hydrogens is 174 g/mol. The van der Waals surface area contributed by atoms with E-state index in [1.54, 1.807) is 0 Å². The maximum absolute atomic E-state index is 3.20. The molecule has 1 aliphatic rings. The SMILES string of the molecule is CNCCN(C)C1CCN(C(C)C)C1. The number of likely N-dealkylation sites (tertiary alicyclic amines) is 1. The molecule has 0 bridgehead atoms. The molecule has 3 heteroatoms. The van der Waals surface area contributed by atoms with Crippen molar-refractivity contribution in [3.8, 4) is 0 Å². The second-order valence-corrected chi connectivity index (χ2v) is 4.62. The first-order valence-electron chi connectivity index (χ1n) is 5.74. The third-order valence-corrected chi connectivity index (χ3v) is 3.26. The Labute approximate surface area is 88.5 Å². The van der Waals surface area contributed by atoms with Gasteiger partial charge in [0, 0.05) is 38.3 Å². The topological polar surface area (TPSA) is 18.5 Å². The van der Waals surface area contributed by atoms with Gasteiger partial charge in [-0.15, -0.1) is 0 Å². The van der Waals surface area contributed by atoms with Crippen LogP contribution >= 0.6 is 0 Å². The van der Waals surface area contributed by atoms with Crippen LogP contribution in [0.25, 0.3) is 0 Å². The molecule has 84 valence electrons. The zero-order chi connectivity index (χ0) is 10.6. The second kappa shape index (κ2) is 5.69. The summed E-state index contributed by atoms with van der Waals surface area (Å²) in [5.74, 6) is 0. The highest BCUT2D eigenvalue weighted by atomic mass is 15.3. The number of nitrogens with zero attached hydrogens (tertiary/aromatic N) is 2. The minimum Gasteiger partial charge on any atom is -0.318 e.